The number of benzene rings is 3. The second kappa shape index (κ2) is 8.73. The lowest BCUT2D eigenvalue weighted by Crippen LogP contribution is -2.02. The number of aliphatic hydroxyl groups is 1. The van der Waals surface area contributed by atoms with E-state index in [4.69, 9.17) is 16.6 Å². The van der Waals surface area contributed by atoms with Crippen molar-refractivity contribution >= 4 is 28.8 Å². The normalized spacial score (nSPS) is 12.4. The summed E-state index contributed by atoms with van der Waals surface area (Å²) in [4.78, 5) is 9.14. The summed E-state index contributed by atoms with van der Waals surface area (Å²) in [6, 6.07) is 16.3. The number of fused-ring (bicyclic) bond motifs is 3. The van der Waals surface area contributed by atoms with Gasteiger partial charge in [-0.25, -0.2) is 18.7 Å². The molecule has 4 nitrogen and oxygen atoms in total. The zero-order chi connectivity index (χ0) is 22.9. The smallest absolute Gasteiger partial charge is 0.227 e. The molecule has 1 heterocycles. The SMILES string of the molecule is OCc1ccc(Nc2ncc3c(n2)-c2ccc(Cl)cc2C(c2c(F)cccc2F)=CC3)cc1. The molecule has 1 aliphatic rings. The van der Waals surface area contributed by atoms with Gasteiger partial charge in [0.15, 0.2) is 0 Å². The van der Waals surface area contributed by atoms with Crippen LogP contribution in [0.5, 0.6) is 0 Å². The van der Waals surface area contributed by atoms with Gasteiger partial charge in [0.2, 0.25) is 5.95 Å². The number of hydrogen-bond donors (Lipinski definition) is 2. The zero-order valence-electron chi connectivity index (χ0n) is 17.3. The van der Waals surface area contributed by atoms with Gasteiger partial charge in [-0.1, -0.05) is 41.9 Å². The average Bonchev–Trinajstić information content (AvgIpc) is 2.96. The van der Waals surface area contributed by atoms with Crippen LogP contribution in [-0.4, -0.2) is 15.1 Å². The average molecular weight is 462 g/mol. The van der Waals surface area contributed by atoms with Crippen molar-refractivity contribution in [1.82, 2.24) is 9.97 Å². The van der Waals surface area contributed by atoms with Crippen LogP contribution in [0, 0.1) is 11.6 Å². The summed E-state index contributed by atoms with van der Waals surface area (Å²) in [5, 5.41) is 12.8. The van der Waals surface area contributed by atoms with Crippen molar-refractivity contribution in [3.8, 4) is 11.3 Å². The number of nitrogens with one attached hydrogen (secondary N) is 1. The van der Waals surface area contributed by atoms with Gasteiger partial charge in [-0.3, -0.25) is 0 Å². The minimum absolute atomic E-state index is 0.0348. The first-order valence-corrected chi connectivity index (χ1v) is 10.7. The fourth-order valence-corrected chi connectivity index (χ4v) is 4.10. The van der Waals surface area contributed by atoms with Crippen LogP contribution in [0.25, 0.3) is 16.8 Å². The van der Waals surface area contributed by atoms with E-state index in [2.05, 4.69) is 10.3 Å². The number of hydrogen-bond acceptors (Lipinski definition) is 4. The van der Waals surface area contributed by atoms with Crippen molar-refractivity contribution in [2.24, 2.45) is 0 Å². The fourth-order valence-electron chi connectivity index (χ4n) is 3.93. The number of rotatable bonds is 4. The maximum atomic E-state index is 14.7. The van der Waals surface area contributed by atoms with E-state index in [1.807, 2.05) is 24.3 Å². The quantitative estimate of drug-likeness (QED) is 0.374. The van der Waals surface area contributed by atoms with Crippen LogP contribution in [-0.2, 0) is 13.0 Å². The molecule has 0 aliphatic heterocycles. The van der Waals surface area contributed by atoms with Gasteiger partial charge in [-0.2, -0.15) is 0 Å². The first-order chi connectivity index (χ1) is 16.0. The topological polar surface area (TPSA) is 58.0 Å². The zero-order valence-corrected chi connectivity index (χ0v) is 18.1. The van der Waals surface area contributed by atoms with Crippen molar-refractivity contribution in [1.29, 1.82) is 0 Å². The summed E-state index contributed by atoms with van der Waals surface area (Å²) >= 11 is 6.28. The molecule has 7 heteroatoms. The lowest BCUT2D eigenvalue weighted by atomic mass is 9.93. The van der Waals surface area contributed by atoms with Crippen LogP contribution < -0.4 is 5.32 Å². The van der Waals surface area contributed by atoms with Crippen molar-refractivity contribution in [2.75, 3.05) is 5.32 Å². The molecular formula is C26H18ClF2N3O. The van der Waals surface area contributed by atoms with E-state index < -0.39 is 11.6 Å². The van der Waals surface area contributed by atoms with Crippen LogP contribution in [0.1, 0.15) is 22.3 Å². The van der Waals surface area contributed by atoms with Crippen LogP contribution in [0.4, 0.5) is 20.4 Å². The van der Waals surface area contributed by atoms with E-state index in [-0.39, 0.29) is 12.2 Å². The molecule has 33 heavy (non-hydrogen) atoms. The van der Waals surface area contributed by atoms with Crippen molar-refractivity contribution in [3.63, 3.8) is 0 Å². The molecule has 0 radical (unpaired) electrons. The Hall–Kier alpha value is -3.61. The number of aliphatic hydroxyl groups excluding tert-OH is 1. The highest BCUT2D eigenvalue weighted by atomic mass is 35.5. The molecule has 164 valence electrons. The highest BCUT2D eigenvalue weighted by Crippen LogP contribution is 2.40. The van der Waals surface area contributed by atoms with Crippen molar-refractivity contribution < 1.29 is 13.9 Å². The Labute approximate surface area is 194 Å². The van der Waals surface area contributed by atoms with Crippen LogP contribution >= 0.6 is 11.6 Å². The number of aromatic nitrogens is 2. The number of halogens is 3. The molecule has 3 aromatic carbocycles. The van der Waals surface area contributed by atoms with Gasteiger partial charge in [-0.05, 0) is 59.5 Å². The van der Waals surface area contributed by atoms with Crippen LogP contribution in [0.15, 0.2) is 72.9 Å². The van der Waals surface area contributed by atoms with Gasteiger partial charge in [0.05, 0.1) is 17.9 Å². The Balaban J connectivity index is 1.61. The maximum Gasteiger partial charge on any atom is 0.227 e. The van der Waals surface area contributed by atoms with E-state index in [1.54, 1.807) is 30.5 Å². The van der Waals surface area contributed by atoms with Gasteiger partial charge in [0.1, 0.15) is 11.6 Å². The standard InChI is InChI=1S/C26H18ClF2N3O/c27-17-7-11-20-21(12-17)19(24-22(28)2-1-3-23(24)29)10-6-16-13-30-26(32-25(16)20)31-18-8-4-15(14-33)5-9-18/h1-5,7-13,33H,6,14H2,(H,30,31,32). The Kier molecular flexibility index (Phi) is 5.62. The largest absolute Gasteiger partial charge is 0.392 e. The molecule has 1 aromatic heterocycles. The van der Waals surface area contributed by atoms with E-state index in [0.717, 1.165) is 16.8 Å². The predicted molar refractivity (Wildman–Crippen MR) is 125 cm³/mol. The molecule has 1 aliphatic carbocycles. The summed E-state index contributed by atoms with van der Waals surface area (Å²) in [5.74, 6) is -0.900. The summed E-state index contributed by atoms with van der Waals surface area (Å²) in [7, 11) is 0. The van der Waals surface area contributed by atoms with Crippen LogP contribution in [0.2, 0.25) is 5.02 Å². The molecule has 4 aromatic rings. The van der Waals surface area contributed by atoms with E-state index in [1.165, 1.54) is 18.2 Å². The second-order valence-electron chi connectivity index (χ2n) is 7.66. The van der Waals surface area contributed by atoms with Crippen LogP contribution in [0.3, 0.4) is 0 Å². The molecule has 0 spiro atoms. The van der Waals surface area contributed by atoms with Crippen molar-refractivity contribution in [3.05, 3.63) is 112 Å². The first kappa shape index (κ1) is 21.2. The fraction of sp³-hybridized carbons (Fsp3) is 0.0769. The number of allylic oxidation sites excluding steroid dienone is 1. The molecular weight excluding hydrogens is 444 g/mol. The Bertz CT molecular complexity index is 1370. The van der Waals surface area contributed by atoms with E-state index >= 15 is 0 Å². The molecule has 0 saturated carbocycles. The lowest BCUT2D eigenvalue weighted by Gasteiger charge is -2.15. The van der Waals surface area contributed by atoms with E-state index in [9.17, 15) is 13.9 Å². The van der Waals surface area contributed by atoms with Crippen molar-refractivity contribution in [2.45, 2.75) is 13.0 Å². The molecule has 0 atom stereocenters. The number of anilines is 2. The van der Waals surface area contributed by atoms with Gasteiger partial charge < -0.3 is 10.4 Å². The van der Waals surface area contributed by atoms with Gasteiger partial charge >= 0.3 is 0 Å². The minimum atomic E-state index is -0.641. The Morgan fingerprint density at radius 3 is 2.45 bits per heavy atom. The maximum absolute atomic E-state index is 14.7. The third kappa shape index (κ3) is 4.11. The Morgan fingerprint density at radius 1 is 0.970 bits per heavy atom. The monoisotopic (exact) mass is 461 g/mol. The molecule has 0 fully saturated rings. The Morgan fingerprint density at radius 2 is 1.73 bits per heavy atom. The highest BCUT2D eigenvalue weighted by Gasteiger charge is 2.23. The molecule has 0 amide bonds. The third-order valence-electron chi connectivity index (χ3n) is 5.54. The minimum Gasteiger partial charge on any atom is -0.392 e. The van der Waals surface area contributed by atoms with Gasteiger partial charge in [-0.15, -0.1) is 0 Å². The molecule has 0 saturated heterocycles. The second-order valence-corrected chi connectivity index (χ2v) is 8.09. The summed E-state index contributed by atoms with van der Waals surface area (Å²) in [6.07, 6.45) is 3.89. The van der Waals surface area contributed by atoms with Gasteiger partial charge in [0, 0.05) is 28.0 Å². The first-order valence-electron chi connectivity index (χ1n) is 10.3. The molecule has 5 rings (SSSR count). The summed E-state index contributed by atoms with van der Waals surface area (Å²) < 4.78 is 29.4. The summed E-state index contributed by atoms with van der Waals surface area (Å²) in [5.41, 5.74) is 4.70. The lowest BCUT2D eigenvalue weighted by molar-refractivity contribution is 0.282. The molecule has 2 N–H and O–H groups in total. The number of nitrogens with zero attached hydrogens (tertiary/aromatic N) is 2. The predicted octanol–water partition coefficient (Wildman–Crippen LogP) is 6.30. The summed E-state index contributed by atoms with van der Waals surface area (Å²) in [6.45, 7) is -0.0348. The highest BCUT2D eigenvalue weighted by molar-refractivity contribution is 6.31. The van der Waals surface area contributed by atoms with E-state index in [0.29, 0.717) is 39.8 Å². The molecule has 0 bridgehead atoms. The third-order valence-corrected chi connectivity index (χ3v) is 5.78. The van der Waals surface area contributed by atoms with Gasteiger partial charge in [0.25, 0.3) is 0 Å². The molecule has 0 unspecified atom stereocenters.